The Morgan fingerprint density at radius 1 is 0.947 bits per heavy atom. The normalized spacial score (nSPS) is 23.3. The van der Waals surface area contributed by atoms with E-state index < -0.39 is 0 Å². The van der Waals surface area contributed by atoms with Gasteiger partial charge in [-0.2, -0.15) is 0 Å². The number of hydrogen-bond acceptors (Lipinski definition) is 1. The molecule has 19 heavy (non-hydrogen) atoms. The Morgan fingerprint density at radius 3 is 1.79 bits per heavy atom. The van der Waals surface area contributed by atoms with Crippen LogP contribution in [0.3, 0.4) is 0 Å². The third-order valence-electron chi connectivity index (χ3n) is 3.62. The van der Waals surface area contributed by atoms with Crippen LogP contribution in [0.2, 0.25) is 0 Å². The number of aryl methyl sites for hydroxylation is 1. The van der Waals surface area contributed by atoms with E-state index in [-0.39, 0.29) is 0 Å². The standard InChI is InChI=1S/C15H23N.C3H8/c1-12-6-8-15(9-7-12)16-10-13(2)4-5-14(3)11-16;1-3-2/h6-9,13-14H,4-5,10-11H2,1-3H3;3H2,1-2H3. The lowest BCUT2D eigenvalue weighted by atomic mass is 10.0. The van der Waals surface area contributed by atoms with Crippen LogP contribution >= 0.6 is 0 Å². The predicted octanol–water partition coefficient (Wildman–Crippen LogP) is 5.28. The zero-order chi connectivity index (χ0) is 14.3. The summed E-state index contributed by atoms with van der Waals surface area (Å²) in [5.41, 5.74) is 2.74. The van der Waals surface area contributed by atoms with Gasteiger partial charge >= 0.3 is 0 Å². The van der Waals surface area contributed by atoms with Gasteiger partial charge in [0.1, 0.15) is 0 Å². The van der Waals surface area contributed by atoms with Crippen LogP contribution in [0, 0.1) is 18.8 Å². The number of nitrogens with zero attached hydrogens (tertiary/aromatic N) is 1. The van der Waals surface area contributed by atoms with Gasteiger partial charge in [0.05, 0.1) is 0 Å². The fraction of sp³-hybridized carbons (Fsp3) is 0.667. The van der Waals surface area contributed by atoms with Crippen molar-refractivity contribution in [1.29, 1.82) is 0 Å². The van der Waals surface area contributed by atoms with Gasteiger partial charge in [-0.05, 0) is 43.7 Å². The molecule has 1 nitrogen and oxygen atoms in total. The Balaban J connectivity index is 0.000000550. The first-order valence-corrected chi connectivity index (χ1v) is 7.88. The van der Waals surface area contributed by atoms with Crippen LogP contribution in [0.25, 0.3) is 0 Å². The van der Waals surface area contributed by atoms with E-state index >= 15 is 0 Å². The molecule has 1 aliphatic heterocycles. The highest BCUT2D eigenvalue weighted by molar-refractivity contribution is 5.47. The summed E-state index contributed by atoms with van der Waals surface area (Å²) >= 11 is 0. The van der Waals surface area contributed by atoms with E-state index in [1.54, 1.807) is 0 Å². The van der Waals surface area contributed by atoms with E-state index in [1.807, 2.05) is 0 Å². The van der Waals surface area contributed by atoms with Crippen molar-refractivity contribution in [2.45, 2.75) is 53.9 Å². The zero-order valence-corrected chi connectivity index (χ0v) is 13.4. The molecule has 1 aliphatic rings. The van der Waals surface area contributed by atoms with Crippen molar-refractivity contribution in [3.05, 3.63) is 29.8 Å². The van der Waals surface area contributed by atoms with Gasteiger partial charge < -0.3 is 4.90 Å². The van der Waals surface area contributed by atoms with Gasteiger partial charge in [-0.15, -0.1) is 0 Å². The van der Waals surface area contributed by atoms with Gasteiger partial charge in [-0.1, -0.05) is 51.8 Å². The molecule has 0 aromatic heterocycles. The van der Waals surface area contributed by atoms with E-state index in [0.29, 0.717) is 0 Å². The molecule has 1 aromatic rings. The SMILES string of the molecule is CCC.Cc1ccc(N2CC(C)CCC(C)C2)cc1. The van der Waals surface area contributed by atoms with E-state index in [9.17, 15) is 0 Å². The molecule has 2 atom stereocenters. The van der Waals surface area contributed by atoms with Crippen molar-refractivity contribution in [2.75, 3.05) is 18.0 Å². The summed E-state index contributed by atoms with van der Waals surface area (Å²) in [5, 5.41) is 0. The third-order valence-corrected chi connectivity index (χ3v) is 3.62. The monoisotopic (exact) mass is 261 g/mol. The molecule has 0 aliphatic carbocycles. The fourth-order valence-corrected chi connectivity index (χ4v) is 2.54. The first-order valence-electron chi connectivity index (χ1n) is 7.88. The highest BCUT2D eigenvalue weighted by Crippen LogP contribution is 2.25. The molecule has 0 amide bonds. The maximum atomic E-state index is 2.56. The summed E-state index contributed by atoms with van der Waals surface area (Å²) in [6.45, 7) is 13.6. The average molecular weight is 261 g/mol. The summed E-state index contributed by atoms with van der Waals surface area (Å²) in [4.78, 5) is 2.56. The van der Waals surface area contributed by atoms with Crippen LogP contribution < -0.4 is 4.90 Å². The molecule has 2 unspecified atom stereocenters. The molecule has 0 spiro atoms. The van der Waals surface area contributed by atoms with E-state index in [4.69, 9.17) is 0 Å². The molecule has 1 heterocycles. The maximum Gasteiger partial charge on any atom is 0.0366 e. The maximum absolute atomic E-state index is 2.56. The lowest BCUT2D eigenvalue weighted by Gasteiger charge is -2.26. The fourth-order valence-electron chi connectivity index (χ4n) is 2.54. The molecule has 1 fully saturated rings. The Hall–Kier alpha value is -0.980. The Kier molecular flexibility index (Phi) is 6.97. The van der Waals surface area contributed by atoms with E-state index in [0.717, 1.165) is 11.8 Å². The lowest BCUT2D eigenvalue weighted by molar-refractivity contribution is 0.498. The van der Waals surface area contributed by atoms with Crippen molar-refractivity contribution in [3.8, 4) is 0 Å². The zero-order valence-electron chi connectivity index (χ0n) is 13.4. The summed E-state index contributed by atoms with van der Waals surface area (Å²) in [6, 6.07) is 8.96. The van der Waals surface area contributed by atoms with Crippen LogP contribution in [0.15, 0.2) is 24.3 Å². The summed E-state index contributed by atoms with van der Waals surface area (Å²) < 4.78 is 0. The first kappa shape index (κ1) is 16.1. The van der Waals surface area contributed by atoms with Crippen molar-refractivity contribution in [1.82, 2.24) is 0 Å². The first-order chi connectivity index (χ1) is 9.06. The number of hydrogen-bond donors (Lipinski definition) is 0. The molecule has 0 bridgehead atoms. The van der Waals surface area contributed by atoms with E-state index in [1.165, 1.54) is 43.6 Å². The van der Waals surface area contributed by atoms with Gasteiger partial charge in [-0.25, -0.2) is 0 Å². The molecule has 108 valence electrons. The molecular formula is C18H31N. The van der Waals surface area contributed by atoms with Crippen LogP contribution in [-0.2, 0) is 0 Å². The van der Waals surface area contributed by atoms with Gasteiger partial charge in [0.15, 0.2) is 0 Å². The van der Waals surface area contributed by atoms with Gasteiger partial charge in [0, 0.05) is 18.8 Å². The Morgan fingerprint density at radius 2 is 1.37 bits per heavy atom. The molecule has 0 N–H and O–H groups in total. The van der Waals surface area contributed by atoms with Crippen molar-refractivity contribution < 1.29 is 0 Å². The van der Waals surface area contributed by atoms with Crippen LogP contribution in [0.5, 0.6) is 0 Å². The third kappa shape index (κ3) is 5.67. The molecule has 0 radical (unpaired) electrons. The highest BCUT2D eigenvalue weighted by atomic mass is 15.1. The van der Waals surface area contributed by atoms with Crippen LogP contribution in [-0.4, -0.2) is 13.1 Å². The lowest BCUT2D eigenvalue weighted by Crippen LogP contribution is -2.29. The van der Waals surface area contributed by atoms with E-state index in [2.05, 4.69) is 63.8 Å². The molecule has 0 saturated carbocycles. The minimum atomic E-state index is 0.825. The largest absolute Gasteiger partial charge is 0.371 e. The summed E-state index contributed by atoms with van der Waals surface area (Å²) in [7, 11) is 0. The predicted molar refractivity (Wildman–Crippen MR) is 86.9 cm³/mol. The topological polar surface area (TPSA) is 3.24 Å². The molecular weight excluding hydrogens is 230 g/mol. The number of benzene rings is 1. The Labute approximate surface area is 120 Å². The second-order valence-electron chi connectivity index (χ2n) is 6.24. The minimum Gasteiger partial charge on any atom is -0.371 e. The minimum absolute atomic E-state index is 0.825. The second kappa shape index (κ2) is 8.24. The van der Waals surface area contributed by atoms with Crippen molar-refractivity contribution in [3.63, 3.8) is 0 Å². The quantitative estimate of drug-likeness (QED) is 0.664. The van der Waals surface area contributed by atoms with Gasteiger partial charge in [0.25, 0.3) is 0 Å². The van der Waals surface area contributed by atoms with Gasteiger partial charge in [0.2, 0.25) is 0 Å². The Bertz CT molecular complexity index is 329. The van der Waals surface area contributed by atoms with Crippen molar-refractivity contribution >= 4 is 5.69 Å². The number of rotatable bonds is 1. The molecule has 1 aromatic carbocycles. The number of anilines is 1. The van der Waals surface area contributed by atoms with Crippen LogP contribution in [0.1, 0.15) is 52.5 Å². The molecule has 1 heteroatoms. The summed E-state index contributed by atoms with van der Waals surface area (Å²) in [5.74, 6) is 1.65. The second-order valence-corrected chi connectivity index (χ2v) is 6.24. The molecule has 2 rings (SSSR count). The molecule has 1 saturated heterocycles. The van der Waals surface area contributed by atoms with Crippen molar-refractivity contribution in [2.24, 2.45) is 11.8 Å². The summed E-state index contributed by atoms with van der Waals surface area (Å²) in [6.07, 6.45) is 4.01. The van der Waals surface area contributed by atoms with Crippen LogP contribution in [0.4, 0.5) is 5.69 Å². The smallest absolute Gasteiger partial charge is 0.0366 e. The van der Waals surface area contributed by atoms with Gasteiger partial charge in [-0.3, -0.25) is 0 Å². The highest BCUT2D eigenvalue weighted by Gasteiger charge is 2.19. The average Bonchev–Trinajstić information content (AvgIpc) is 2.53.